The van der Waals surface area contributed by atoms with Crippen molar-refractivity contribution in [2.24, 2.45) is 0 Å². The zero-order chi connectivity index (χ0) is 17.3. The largest absolute Gasteiger partial charge is 0.479 e. The Morgan fingerprint density at radius 2 is 1.30 bits per heavy atom. The second-order valence-electron chi connectivity index (χ2n) is 6.15. The lowest BCUT2D eigenvalue weighted by Gasteiger charge is -2.12. The fourth-order valence-corrected chi connectivity index (χ4v) is 2.67. The molecule has 0 bridgehead atoms. The molecule has 0 aromatic heterocycles. The summed E-state index contributed by atoms with van der Waals surface area (Å²) in [6.07, 6.45) is 14.2. The molecule has 5 heteroatoms. The number of ether oxygens (including phenoxy) is 1. The van der Waals surface area contributed by atoms with Crippen molar-refractivity contribution in [3.05, 3.63) is 0 Å². The Labute approximate surface area is 146 Å². The monoisotopic (exact) mass is 346 g/mol. The second-order valence-corrected chi connectivity index (χ2v) is 6.47. The van der Waals surface area contributed by atoms with E-state index >= 15 is 0 Å². The van der Waals surface area contributed by atoms with E-state index in [0.29, 0.717) is 6.42 Å². The van der Waals surface area contributed by atoms with Gasteiger partial charge in [-0.25, -0.2) is 4.79 Å². The molecule has 0 radical (unpaired) electrons. The number of hydrogen-bond acceptors (Lipinski definition) is 4. The normalized spacial score (nSPS) is 12.1. The van der Waals surface area contributed by atoms with Crippen LogP contribution < -0.4 is 0 Å². The molecule has 0 fully saturated rings. The van der Waals surface area contributed by atoms with Crippen LogP contribution in [-0.2, 0) is 14.3 Å². The maximum Gasteiger partial charge on any atom is 0.345 e. The summed E-state index contributed by atoms with van der Waals surface area (Å²) in [5, 5.41) is 8.99. The first-order valence-corrected chi connectivity index (χ1v) is 9.78. The molecular weight excluding hydrogens is 312 g/mol. The minimum absolute atomic E-state index is 0.0811. The lowest BCUT2D eigenvalue weighted by molar-refractivity contribution is -0.162. The van der Waals surface area contributed by atoms with Gasteiger partial charge in [0.15, 0.2) is 6.10 Å². The molecule has 0 rings (SSSR count). The number of carboxylic acid groups (broad SMARTS) is 1. The van der Waals surface area contributed by atoms with E-state index in [1.165, 1.54) is 57.8 Å². The SMILES string of the molecule is CCCCCCCCCCCCCCC(OC(=O)CS)C(=O)O. The van der Waals surface area contributed by atoms with Crippen molar-refractivity contribution in [1.82, 2.24) is 0 Å². The van der Waals surface area contributed by atoms with Crippen molar-refractivity contribution in [1.29, 1.82) is 0 Å². The summed E-state index contributed by atoms with van der Waals surface area (Å²) in [4.78, 5) is 22.1. The third-order valence-corrected chi connectivity index (χ3v) is 4.26. The number of esters is 1. The zero-order valence-corrected chi connectivity index (χ0v) is 15.5. The molecule has 0 saturated carbocycles. The van der Waals surface area contributed by atoms with Gasteiger partial charge in [0.1, 0.15) is 0 Å². The van der Waals surface area contributed by atoms with E-state index < -0.39 is 18.0 Å². The maximum atomic E-state index is 11.1. The summed E-state index contributed by atoms with van der Waals surface area (Å²) in [5.74, 6) is -1.72. The molecular formula is C18H34O4S. The van der Waals surface area contributed by atoms with Gasteiger partial charge in [0.05, 0.1) is 5.75 Å². The molecule has 136 valence electrons. The molecule has 23 heavy (non-hydrogen) atoms. The lowest BCUT2D eigenvalue weighted by Crippen LogP contribution is -2.27. The molecule has 0 aliphatic carbocycles. The molecule has 0 aromatic carbocycles. The fourth-order valence-electron chi connectivity index (χ4n) is 2.60. The van der Waals surface area contributed by atoms with Gasteiger partial charge in [-0.2, -0.15) is 12.6 Å². The van der Waals surface area contributed by atoms with Crippen LogP contribution in [0.2, 0.25) is 0 Å². The van der Waals surface area contributed by atoms with E-state index in [4.69, 9.17) is 9.84 Å². The predicted molar refractivity (Wildman–Crippen MR) is 97.1 cm³/mol. The smallest absolute Gasteiger partial charge is 0.345 e. The highest BCUT2D eigenvalue weighted by molar-refractivity contribution is 7.81. The van der Waals surface area contributed by atoms with E-state index in [0.717, 1.165) is 19.3 Å². The molecule has 1 N–H and O–H groups in total. The number of rotatable bonds is 16. The highest BCUT2D eigenvalue weighted by atomic mass is 32.1. The summed E-state index contributed by atoms with van der Waals surface area (Å²) in [6, 6.07) is 0. The Kier molecular flexibility index (Phi) is 15.7. The van der Waals surface area contributed by atoms with Crippen molar-refractivity contribution < 1.29 is 19.4 Å². The van der Waals surface area contributed by atoms with Gasteiger partial charge in [-0.3, -0.25) is 4.79 Å². The van der Waals surface area contributed by atoms with Crippen LogP contribution in [-0.4, -0.2) is 28.9 Å². The Bertz CT molecular complexity index is 307. The fraction of sp³-hybridized carbons (Fsp3) is 0.889. The number of thiol groups is 1. The van der Waals surface area contributed by atoms with Gasteiger partial charge >= 0.3 is 11.9 Å². The van der Waals surface area contributed by atoms with Gasteiger partial charge in [0, 0.05) is 0 Å². The van der Waals surface area contributed by atoms with Gasteiger partial charge in [-0.05, 0) is 12.8 Å². The summed E-state index contributed by atoms with van der Waals surface area (Å²) < 4.78 is 4.85. The van der Waals surface area contributed by atoms with Crippen molar-refractivity contribution in [2.75, 3.05) is 5.75 Å². The lowest BCUT2D eigenvalue weighted by atomic mass is 10.0. The van der Waals surface area contributed by atoms with Crippen LogP contribution in [0.25, 0.3) is 0 Å². The van der Waals surface area contributed by atoms with E-state index in [-0.39, 0.29) is 5.75 Å². The van der Waals surface area contributed by atoms with Gasteiger partial charge in [-0.1, -0.05) is 77.6 Å². The van der Waals surface area contributed by atoms with Gasteiger partial charge < -0.3 is 9.84 Å². The van der Waals surface area contributed by atoms with Crippen molar-refractivity contribution in [2.45, 2.75) is 96.5 Å². The van der Waals surface area contributed by atoms with E-state index in [2.05, 4.69) is 19.6 Å². The van der Waals surface area contributed by atoms with Crippen LogP contribution in [0.15, 0.2) is 0 Å². The highest BCUT2D eigenvalue weighted by Crippen LogP contribution is 2.14. The molecule has 4 nitrogen and oxygen atoms in total. The Hall–Kier alpha value is -0.710. The average molecular weight is 347 g/mol. The number of aliphatic carboxylic acids is 1. The van der Waals surface area contributed by atoms with Crippen LogP contribution in [0.1, 0.15) is 90.4 Å². The second kappa shape index (κ2) is 16.2. The van der Waals surface area contributed by atoms with Crippen molar-refractivity contribution >= 4 is 24.6 Å². The van der Waals surface area contributed by atoms with Crippen LogP contribution in [0.4, 0.5) is 0 Å². The van der Waals surface area contributed by atoms with E-state index in [9.17, 15) is 9.59 Å². The number of unbranched alkanes of at least 4 members (excludes halogenated alkanes) is 11. The minimum atomic E-state index is -1.07. The quantitative estimate of drug-likeness (QED) is 0.234. The Balaban J connectivity index is 3.43. The molecule has 0 heterocycles. The summed E-state index contributed by atoms with van der Waals surface area (Å²) in [7, 11) is 0. The topological polar surface area (TPSA) is 63.6 Å². The minimum Gasteiger partial charge on any atom is -0.479 e. The third-order valence-electron chi connectivity index (χ3n) is 4.00. The van der Waals surface area contributed by atoms with E-state index in [1.807, 2.05) is 0 Å². The molecule has 0 aliphatic heterocycles. The molecule has 1 atom stereocenters. The number of carboxylic acids is 1. The highest BCUT2D eigenvalue weighted by Gasteiger charge is 2.20. The maximum absolute atomic E-state index is 11.1. The molecule has 1 unspecified atom stereocenters. The first-order chi connectivity index (χ1) is 11.1. The number of carbonyl (C=O) groups is 2. The molecule has 0 aliphatic rings. The number of hydrogen-bond donors (Lipinski definition) is 2. The van der Waals surface area contributed by atoms with Crippen molar-refractivity contribution in [3.8, 4) is 0 Å². The first kappa shape index (κ1) is 22.3. The molecule has 0 aromatic rings. The number of carbonyl (C=O) groups excluding carboxylic acids is 1. The molecule has 0 saturated heterocycles. The standard InChI is InChI=1S/C18H34O4S/c1-2-3-4-5-6-7-8-9-10-11-12-13-14-16(18(20)21)22-17(19)15-23/h16,23H,2-15H2,1H3,(H,20,21). The Morgan fingerprint density at radius 3 is 1.70 bits per heavy atom. The van der Waals surface area contributed by atoms with Gasteiger partial charge in [-0.15, -0.1) is 0 Å². The predicted octanol–water partition coefficient (Wildman–Crippen LogP) is 5.00. The van der Waals surface area contributed by atoms with Gasteiger partial charge in [0.2, 0.25) is 0 Å². The van der Waals surface area contributed by atoms with Crippen LogP contribution in [0.3, 0.4) is 0 Å². The van der Waals surface area contributed by atoms with Gasteiger partial charge in [0.25, 0.3) is 0 Å². The summed E-state index contributed by atoms with van der Waals surface area (Å²) in [6.45, 7) is 2.24. The summed E-state index contributed by atoms with van der Waals surface area (Å²) in [5.41, 5.74) is 0. The summed E-state index contributed by atoms with van der Waals surface area (Å²) >= 11 is 3.78. The van der Waals surface area contributed by atoms with Crippen LogP contribution >= 0.6 is 12.6 Å². The van der Waals surface area contributed by atoms with E-state index in [1.54, 1.807) is 0 Å². The zero-order valence-electron chi connectivity index (χ0n) is 14.6. The van der Waals surface area contributed by atoms with Crippen LogP contribution in [0.5, 0.6) is 0 Å². The first-order valence-electron chi connectivity index (χ1n) is 9.15. The van der Waals surface area contributed by atoms with Crippen LogP contribution in [0, 0.1) is 0 Å². The van der Waals surface area contributed by atoms with Crippen molar-refractivity contribution in [3.63, 3.8) is 0 Å². The molecule has 0 amide bonds. The Morgan fingerprint density at radius 1 is 0.870 bits per heavy atom. The molecule has 0 spiro atoms. The average Bonchev–Trinajstić information content (AvgIpc) is 2.54. The third kappa shape index (κ3) is 14.6.